The number of alkyl halides is 4. The molecule has 2 nitrogen and oxygen atoms in total. The Morgan fingerprint density at radius 2 is 1.67 bits per heavy atom. The summed E-state index contributed by atoms with van der Waals surface area (Å²) in [5.41, 5.74) is 0.281. The van der Waals surface area contributed by atoms with Crippen LogP contribution in [0.2, 0.25) is 0 Å². The van der Waals surface area contributed by atoms with Crippen LogP contribution in [0.3, 0.4) is 0 Å². The van der Waals surface area contributed by atoms with E-state index < -0.39 is 11.7 Å². The number of carbonyl (C=O) groups is 1. The summed E-state index contributed by atoms with van der Waals surface area (Å²) in [6.07, 6.45) is -1.55. The third-order valence-corrected chi connectivity index (χ3v) is 3.47. The topological polar surface area (TPSA) is 26.3 Å². The van der Waals surface area contributed by atoms with Crippen LogP contribution in [-0.2, 0) is 6.18 Å². The van der Waals surface area contributed by atoms with Crippen molar-refractivity contribution in [3.8, 4) is 5.75 Å². The zero-order valence-electron chi connectivity index (χ0n) is 12.5. The molecule has 2 rings (SSSR count). The van der Waals surface area contributed by atoms with E-state index in [4.69, 9.17) is 4.74 Å². The Morgan fingerprint density at radius 3 is 2.21 bits per heavy atom. The van der Waals surface area contributed by atoms with E-state index in [1.165, 1.54) is 24.3 Å². The molecule has 0 saturated heterocycles. The lowest BCUT2D eigenvalue weighted by atomic mass is 10.1. The zero-order valence-corrected chi connectivity index (χ0v) is 14.1. The second-order valence-electron chi connectivity index (χ2n) is 4.88. The number of benzene rings is 2. The van der Waals surface area contributed by atoms with Crippen LogP contribution in [0.1, 0.15) is 21.5 Å². The highest BCUT2D eigenvalue weighted by Gasteiger charge is 2.29. The lowest BCUT2D eigenvalue weighted by molar-refractivity contribution is -0.137. The molecule has 0 atom stereocenters. The van der Waals surface area contributed by atoms with Crippen LogP contribution in [0.4, 0.5) is 13.2 Å². The molecule has 0 saturated carbocycles. The van der Waals surface area contributed by atoms with Crippen molar-refractivity contribution in [3.63, 3.8) is 0 Å². The van der Waals surface area contributed by atoms with Crippen molar-refractivity contribution in [1.82, 2.24) is 0 Å². The molecule has 0 aromatic heterocycles. The maximum absolute atomic E-state index is 12.5. The first-order valence-electron chi connectivity index (χ1n) is 7.08. The smallest absolute Gasteiger partial charge is 0.416 e. The molecular formula is C18H14BrF3O2. The second-order valence-corrected chi connectivity index (χ2v) is 5.67. The lowest BCUT2D eigenvalue weighted by Crippen LogP contribution is -2.04. The van der Waals surface area contributed by atoms with Crippen LogP contribution in [-0.4, -0.2) is 17.7 Å². The number of hydrogen-bond acceptors (Lipinski definition) is 2. The van der Waals surface area contributed by atoms with Crippen LogP contribution < -0.4 is 4.74 Å². The molecule has 6 heteroatoms. The van der Waals surface area contributed by atoms with Gasteiger partial charge in [-0.05, 0) is 48.0 Å². The molecule has 2 aromatic rings. The minimum absolute atomic E-state index is 0.234. The predicted molar refractivity (Wildman–Crippen MR) is 90.5 cm³/mol. The number of ether oxygens (including phenoxy) is 1. The fraction of sp³-hybridized carbons (Fsp3) is 0.167. The molecule has 0 fully saturated rings. The van der Waals surface area contributed by atoms with Gasteiger partial charge in [-0.15, -0.1) is 0 Å². The fourth-order valence-corrected chi connectivity index (χ4v) is 2.09. The quantitative estimate of drug-likeness (QED) is 0.371. The van der Waals surface area contributed by atoms with E-state index in [1.54, 1.807) is 24.3 Å². The SMILES string of the molecule is O=C(/C=C/c1ccc(C(F)(F)F)cc1)c1ccc(OCCBr)cc1. The fourth-order valence-electron chi connectivity index (χ4n) is 1.92. The number of carbonyl (C=O) groups excluding carboxylic acids is 1. The lowest BCUT2D eigenvalue weighted by Gasteiger charge is -2.06. The molecule has 0 N–H and O–H groups in total. The van der Waals surface area contributed by atoms with Crippen molar-refractivity contribution < 1.29 is 22.7 Å². The van der Waals surface area contributed by atoms with Gasteiger partial charge in [0, 0.05) is 10.9 Å². The first-order chi connectivity index (χ1) is 11.4. The molecule has 0 aliphatic carbocycles. The van der Waals surface area contributed by atoms with Gasteiger partial charge in [0.1, 0.15) is 5.75 Å². The van der Waals surface area contributed by atoms with Gasteiger partial charge in [-0.1, -0.05) is 34.1 Å². The van der Waals surface area contributed by atoms with Gasteiger partial charge in [-0.25, -0.2) is 0 Å². The molecule has 126 valence electrons. The standard InChI is InChI=1S/C18H14BrF3O2/c19-11-12-24-16-8-4-14(5-9-16)17(23)10-3-13-1-6-15(7-2-13)18(20,21)22/h1-10H,11-12H2/b10-3+. The minimum atomic E-state index is -4.36. The van der Waals surface area contributed by atoms with E-state index in [0.717, 1.165) is 12.1 Å². The molecule has 0 unspecified atom stereocenters. The summed E-state index contributed by atoms with van der Waals surface area (Å²) >= 11 is 3.25. The molecule has 0 aliphatic heterocycles. The van der Waals surface area contributed by atoms with Crippen molar-refractivity contribution in [2.45, 2.75) is 6.18 Å². The Kier molecular flexibility index (Phi) is 6.20. The van der Waals surface area contributed by atoms with Gasteiger partial charge in [-0.3, -0.25) is 4.79 Å². The highest BCUT2D eigenvalue weighted by Crippen LogP contribution is 2.29. The van der Waals surface area contributed by atoms with Crippen molar-refractivity contribution >= 4 is 27.8 Å². The molecule has 0 amide bonds. The van der Waals surface area contributed by atoms with Crippen molar-refractivity contribution in [2.24, 2.45) is 0 Å². The van der Waals surface area contributed by atoms with E-state index in [2.05, 4.69) is 15.9 Å². The van der Waals surface area contributed by atoms with E-state index >= 15 is 0 Å². The molecular weight excluding hydrogens is 385 g/mol. The summed E-state index contributed by atoms with van der Waals surface area (Å²) < 4.78 is 42.8. The number of hydrogen-bond donors (Lipinski definition) is 0. The van der Waals surface area contributed by atoms with Gasteiger partial charge in [0.05, 0.1) is 12.2 Å². The number of allylic oxidation sites excluding steroid dienone is 1. The number of halogens is 4. The Hall–Kier alpha value is -2.08. The zero-order chi connectivity index (χ0) is 17.6. The van der Waals surface area contributed by atoms with E-state index in [-0.39, 0.29) is 5.78 Å². The van der Waals surface area contributed by atoms with Gasteiger partial charge in [0.2, 0.25) is 0 Å². The van der Waals surface area contributed by atoms with Gasteiger partial charge >= 0.3 is 6.18 Å². The maximum Gasteiger partial charge on any atom is 0.416 e. The third-order valence-electron chi connectivity index (χ3n) is 3.15. The van der Waals surface area contributed by atoms with Crippen LogP contribution in [0.5, 0.6) is 5.75 Å². The van der Waals surface area contributed by atoms with Crippen LogP contribution in [0.15, 0.2) is 54.6 Å². The Bertz CT molecular complexity index is 705. The Labute approximate surface area is 146 Å². The summed E-state index contributed by atoms with van der Waals surface area (Å²) in [6.45, 7) is 0.529. The number of rotatable bonds is 6. The largest absolute Gasteiger partial charge is 0.493 e. The average molecular weight is 399 g/mol. The van der Waals surface area contributed by atoms with Crippen molar-refractivity contribution in [2.75, 3.05) is 11.9 Å². The van der Waals surface area contributed by atoms with Gasteiger partial charge in [0.15, 0.2) is 5.78 Å². The average Bonchev–Trinajstić information content (AvgIpc) is 2.58. The second kappa shape index (κ2) is 8.15. The summed E-state index contributed by atoms with van der Waals surface area (Å²) in [6, 6.07) is 11.3. The van der Waals surface area contributed by atoms with E-state index in [9.17, 15) is 18.0 Å². The van der Waals surface area contributed by atoms with Crippen LogP contribution in [0, 0.1) is 0 Å². The van der Waals surface area contributed by atoms with Gasteiger partial charge in [-0.2, -0.15) is 13.2 Å². The Balaban J connectivity index is 2.02. The van der Waals surface area contributed by atoms with Crippen molar-refractivity contribution in [3.05, 3.63) is 71.3 Å². The number of ketones is 1. The molecule has 0 bridgehead atoms. The maximum atomic E-state index is 12.5. The first kappa shape index (κ1) is 18.3. The molecule has 24 heavy (non-hydrogen) atoms. The predicted octanol–water partition coefficient (Wildman–Crippen LogP) is 5.38. The minimum Gasteiger partial charge on any atom is -0.493 e. The highest BCUT2D eigenvalue weighted by molar-refractivity contribution is 9.09. The summed E-state index contributed by atoms with van der Waals surface area (Å²) in [4.78, 5) is 12.1. The Morgan fingerprint density at radius 1 is 1.04 bits per heavy atom. The van der Waals surface area contributed by atoms with E-state index in [1.807, 2.05) is 0 Å². The molecule has 2 aromatic carbocycles. The monoisotopic (exact) mass is 398 g/mol. The van der Waals surface area contributed by atoms with Crippen molar-refractivity contribution in [1.29, 1.82) is 0 Å². The third kappa shape index (κ3) is 5.23. The molecule has 0 radical (unpaired) electrons. The molecule has 0 spiro atoms. The van der Waals surface area contributed by atoms with Gasteiger partial charge < -0.3 is 4.74 Å². The van der Waals surface area contributed by atoms with Crippen LogP contribution in [0.25, 0.3) is 6.08 Å². The van der Waals surface area contributed by atoms with Gasteiger partial charge in [0.25, 0.3) is 0 Å². The summed E-state index contributed by atoms with van der Waals surface area (Å²) in [7, 11) is 0. The molecule has 0 aliphatic rings. The summed E-state index contributed by atoms with van der Waals surface area (Å²) in [5.74, 6) is 0.430. The molecule has 0 heterocycles. The normalized spacial score (nSPS) is 11.7. The first-order valence-corrected chi connectivity index (χ1v) is 8.21. The summed E-state index contributed by atoms with van der Waals surface area (Å²) in [5, 5.41) is 0.712. The highest BCUT2D eigenvalue weighted by atomic mass is 79.9. The van der Waals surface area contributed by atoms with Crippen LogP contribution >= 0.6 is 15.9 Å². The van der Waals surface area contributed by atoms with E-state index in [0.29, 0.717) is 28.8 Å².